The second-order valence-corrected chi connectivity index (χ2v) is 10.3. The molecule has 9 nitrogen and oxygen atoms in total. The molecular formula is C27H31F2N5O4. The molecule has 4 heterocycles. The van der Waals surface area contributed by atoms with Gasteiger partial charge in [0.05, 0.1) is 23.2 Å². The van der Waals surface area contributed by atoms with Gasteiger partial charge in [0.25, 0.3) is 5.91 Å². The van der Waals surface area contributed by atoms with Crippen LogP contribution < -0.4 is 15.4 Å². The molecule has 2 N–H and O–H groups in total. The number of carbonyl (C=O) groups excluding carboxylic acids is 2. The molecule has 0 bridgehead atoms. The maximum atomic E-state index is 16.2. The monoisotopic (exact) mass is 527 g/mol. The Kier molecular flexibility index (Phi) is 6.50. The molecule has 3 aliphatic rings. The molecule has 2 aromatic rings. The number of methoxy groups -OCH3 is 1. The van der Waals surface area contributed by atoms with E-state index >= 15 is 4.39 Å². The molecule has 0 aliphatic carbocycles. The fraction of sp³-hybridized carbons (Fsp3) is 0.444. The zero-order valence-corrected chi connectivity index (χ0v) is 21.7. The molecule has 0 spiro atoms. The number of piperazine rings is 1. The van der Waals surface area contributed by atoms with Gasteiger partial charge in [0.1, 0.15) is 29.5 Å². The van der Waals surface area contributed by atoms with Crippen molar-refractivity contribution in [3.05, 3.63) is 48.1 Å². The SMILES string of the molecule is C=CC(=O)N1CCN2C(=O)c3c(N4CCC(OC)C4(C)C)nc(-c4c(N)cccc4F)c(F)c3OC[C@H]2C1. The number of nitrogen functional groups attached to an aromatic ring is 1. The molecule has 2 saturated heterocycles. The minimum atomic E-state index is -0.965. The van der Waals surface area contributed by atoms with E-state index in [1.807, 2.05) is 18.7 Å². The summed E-state index contributed by atoms with van der Waals surface area (Å²) in [7, 11) is 1.61. The Morgan fingerprint density at radius 1 is 1.26 bits per heavy atom. The Morgan fingerprint density at radius 2 is 2.03 bits per heavy atom. The minimum absolute atomic E-state index is 0.00805. The lowest BCUT2D eigenvalue weighted by molar-refractivity contribution is -0.128. The van der Waals surface area contributed by atoms with Crippen LogP contribution in [-0.2, 0) is 9.53 Å². The number of anilines is 2. The fourth-order valence-electron chi connectivity index (χ4n) is 5.77. The summed E-state index contributed by atoms with van der Waals surface area (Å²) in [5, 5.41) is 0. The lowest BCUT2D eigenvalue weighted by Crippen LogP contribution is -2.57. The van der Waals surface area contributed by atoms with E-state index in [-0.39, 0.29) is 65.8 Å². The Labute approximate surface area is 219 Å². The van der Waals surface area contributed by atoms with Crippen LogP contribution in [0.4, 0.5) is 20.3 Å². The summed E-state index contributed by atoms with van der Waals surface area (Å²) in [5.41, 5.74) is 4.90. The Hall–Kier alpha value is -3.73. The van der Waals surface area contributed by atoms with E-state index < -0.39 is 29.1 Å². The summed E-state index contributed by atoms with van der Waals surface area (Å²) in [5.74, 6) is -2.54. The minimum Gasteiger partial charge on any atom is -0.487 e. The van der Waals surface area contributed by atoms with Crippen LogP contribution in [0.1, 0.15) is 30.6 Å². The molecule has 0 radical (unpaired) electrons. The van der Waals surface area contributed by atoms with E-state index in [1.54, 1.807) is 16.9 Å². The molecule has 1 aromatic carbocycles. The molecule has 3 aliphatic heterocycles. The van der Waals surface area contributed by atoms with Crippen molar-refractivity contribution in [2.24, 2.45) is 0 Å². The highest BCUT2D eigenvalue weighted by atomic mass is 19.1. The fourth-order valence-corrected chi connectivity index (χ4v) is 5.77. The molecule has 38 heavy (non-hydrogen) atoms. The first-order valence-corrected chi connectivity index (χ1v) is 12.5. The lowest BCUT2D eigenvalue weighted by Gasteiger charge is -2.40. The maximum absolute atomic E-state index is 16.2. The summed E-state index contributed by atoms with van der Waals surface area (Å²) >= 11 is 0. The largest absolute Gasteiger partial charge is 0.487 e. The number of nitrogens with two attached hydrogens (primary N) is 1. The van der Waals surface area contributed by atoms with Gasteiger partial charge in [-0.3, -0.25) is 9.59 Å². The predicted molar refractivity (Wildman–Crippen MR) is 138 cm³/mol. The third-order valence-electron chi connectivity index (χ3n) is 7.86. The highest BCUT2D eigenvalue weighted by molar-refractivity contribution is 6.03. The number of aromatic nitrogens is 1. The van der Waals surface area contributed by atoms with Gasteiger partial charge in [0.15, 0.2) is 11.6 Å². The second kappa shape index (κ2) is 9.54. The number of pyridine rings is 1. The van der Waals surface area contributed by atoms with E-state index in [1.165, 1.54) is 24.3 Å². The molecule has 11 heteroatoms. The average Bonchev–Trinajstić information content (AvgIpc) is 3.11. The van der Waals surface area contributed by atoms with Crippen LogP contribution in [0.25, 0.3) is 11.3 Å². The van der Waals surface area contributed by atoms with Gasteiger partial charge >= 0.3 is 0 Å². The van der Waals surface area contributed by atoms with Crippen molar-refractivity contribution in [2.75, 3.05) is 50.5 Å². The highest BCUT2D eigenvalue weighted by Gasteiger charge is 2.47. The third kappa shape index (κ3) is 3.96. The Bertz CT molecular complexity index is 1300. The van der Waals surface area contributed by atoms with Gasteiger partial charge in [0, 0.05) is 39.0 Å². The summed E-state index contributed by atoms with van der Waals surface area (Å²) < 4.78 is 42.9. The van der Waals surface area contributed by atoms with E-state index in [4.69, 9.17) is 15.2 Å². The van der Waals surface area contributed by atoms with Gasteiger partial charge < -0.3 is 29.9 Å². The number of ether oxygens (including phenoxy) is 2. The Morgan fingerprint density at radius 3 is 2.68 bits per heavy atom. The molecule has 2 atom stereocenters. The van der Waals surface area contributed by atoms with Crippen molar-refractivity contribution in [2.45, 2.75) is 38.0 Å². The molecule has 2 amide bonds. The van der Waals surface area contributed by atoms with Crippen LogP contribution in [0.2, 0.25) is 0 Å². The molecule has 0 saturated carbocycles. The number of halogens is 2. The van der Waals surface area contributed by atoms with Gasteiger partial charge in [0.2, 0.25) is 5.91 Å². The molecule has 2 fully saturated rings. The zero-order valence-electron chi connectivity index (χ0n) is 21.7. The van der Waals surface area contributed by atoms with Crippen molar-refractivity contribution in [3.8, 4) is 17.0 Å². The highest BCUT2D eigenvalue weighted by Crippen LogP contribution is 2.45. The molecule has 1 aromatic heterocycles. The van der Waals surface area contributed by atoms with Gasteiger partial charge in [-0.1, -0.05) is 12.6 Å². The number of carbonyl (C=O) groups is 2. The zero-order chi connectivity index (χ0) is 27.4. The standard InChI is InChI=1S/C27H31F2N5O4/c1-5-19(35)32-11-12-33-15(13-32)14-38-24-21(26(33)36)25(34-10-9-18(37-4)27(34,2)3)31-23(22(24)29)20-16(28)7-6-8-17(20)30/h5-8,15,18H,1,9-14,30H2,2-4H3/t15-,18?/m1/s1. The first-order chi connectivity index (χ1) is 18.1. The number of fused-ring (bicyclic) bond motifs is 2. The number of amides is 2. The third-order valence-corrected chi connectivity index (χ3v) is 7.86. The second-order valence-electron chi connectivity index (χ2n) is 10.3. The van der Waals surface area contributed by atoms with Gasteiger partial charge in [-0.25, -0.2) is 13.8 Å². The van der Waals surface area contributed by atoms with Crippen LogP contribution in [-0.4, -0.2) is 84.2 Å². The summed E-state index contributed by atoms with van der Waals surface area (Å²) in [6, 6.07) is 3.55. The number of nitrogens with zero attached hydrogens (tertiary/aromatic N) is 4. The number of hydrogen-bond acceptors (Lipinski definition) is 7. The first-order valence-electron chi connectivity index (χ1n) is 12.5. The molecular weight excluding hydrogens is 496 g/mol. The first kappa shape index (κ1) is 25.9. The van der Waals surface area contributed by atoms with Crippen LogP contribution in [0, 0.1) is 11.6 Å². The van der Waals surface area contributed by atoms with E-state index in [0.29, 0.717) is 19.5 Å². The predicted octanol–water partition coefficient (Wildman–Crippen LogP) is 2.84. The van der Waals surface area contributed by atoms with Gasteiger partial charge in [-0.05, 0) is 38.5 Å². The average molecular weight is 528 g/mol. The van der Waals surface area contributed by atoms with Crippen molar-refractivity contribution in [1.82, 2.24) is 14.8 Å². The summed E-state index contributed by atoms with van der Waals surface area (Å²) in [4.78, 5) is 35.9. The summed E-state index contributed by atoms with van der Waals surface area (Å²) in [6.45, 7) is 8.60. The number of hydrogen-bond donors (Lipinski definition) is 1. The smallest absolute Gasteiger partial charge is 0.262 e. The molecule has 5 rings (SSSR count). The van der Waals surface area contributed by atoms with Crippen molar-refractivity contribution >= 4 is 23.3 Å². The van der Waals surface area contributed by atoms with E-state index in [9.17, 15) is 14.0 Å². The quantitative estimate of drug-likeness (QED) is 0.482. The summed E-state index contributed by atoms with van der Waals surface area (Å²) in [6.07, 6.45) is 1.68. The normalized spacial score (nSPS) is 22.4. The van der Waals surface area contributed by atoms with Crippen molar-refractivity contribution in [1.29, 1.82) is 0 Å². The number of benzene rings is 1. The molecule has 202 valence electrons. The van der Waals surface area contributed by atoms with Crippen LogP contribution in [0.15, 0.2) is 30.9 Å². The topological polar surface area (TPSA) is 101 Å². The van der Waals surface area contributed by atoms with Gasteiger partial charge in [-0.2, -0.15) is 0 Å². The van der Waals surface area contributed by atoms with Crippen LogP contribution in [0.3, 0.4) is 0 Å². The van der Waals surface area contributed by atoms with E-state index in [2.05, 4.69) is 11.6 Å². The lowest BCUT2D eigenvalue weighted by atomic mass is 9.97. The van der Waals surface area contributed by atoms with Crippen molar-refractivity contribution in [3.63, 3.8) is 0 Å². The van der Waals surface area contributed by atoms with Crippen LogP contribution in [0.5, 0.6) is 5.75 Å². The van der Waals surface area contributed by atoms with Gasteiger partial charge in [-0.15, -0.1) is 0 Å². The maximum Gasteiger partial charge on any atom is 0.262 e. The van der Waals surface area contributed by atoms with Crippen LogP contribution >= 0.6 is 0 Å². The number of rotatable bonds is 4. The molecule has 1 unspecified atom stereocenters. The Balaban J connectivity index is 1.70. The van der Waals surface area contributed by atoms with E-state index in [0.717, 1.165) is 0 Å². The van der Waals surface area contributed by atoms with Crippen molar-refractivity contribution < 1.29 is 27.8 Å².